The Kier molecular flexibility index (Phi) is 6.44. The Bertz CT molecular complexity index is 1630. The number of benzene rings is 3. The first kappa shape index (κ1) is 23.3. The fraction of sp³-hybridized carbons (Fsp3) is 0.115. The predicted molar refractivity (Wildman–Crippen MR) is 144 cm³/mol. The lowest BCUT2D eigenvalue weighted by Gasteiger charge is -2.10. The van der Waals surface area contributed by atoms with Crippen LogP contribution in [0.2, 0.25) is 0 Å². The first-order valence-corrected chi connectivity index (χ1v) is 12.3. The predicted octanol–water partition coefficient (Wildman–Crippen LogP) is 6.62. The summed E-state index contributed by atoms with van der Waals surface area (Å²) in [4.78, 5) is 18.2. The first-order valence-electron chi connectivity index (χ1n) is 10.7. The molecule has 176 valence electrons. The van der Waals surface area contributed by atoms with Crippen LogP contribution in [0.25, 0.3) is 33.5 Å². The molecule has 0 spiro atoms. The number of methoxy groups -OCH3 is 1. The number of hydrogen-bond donors (Lipinski definition) is 0. The van der Waals surface area contributed by atoms with Gasteiger partial charge in [0, 0.05) is 0 Å². The summed E-state index contributed by atoms with van der Waals surface area (Å²) >= 11 is 7.06. The molecule has 3 aromatic carbocycles. The van der Waals surface area contributed by atoms with Gasteiger partial charge in [-0.1, -0.05) is 18.2 Å². The van der Waals surface area contributed by atoms with Gasteiger partial charge in [-0.2, -0.15) is 9.78 Å². The number of furan rings is 1. The lowest BCUT2D eigenvalue weighted by molar-refractivity contribution is 0.336. The number of ether oxygens (including phenoxy) is 2. The Labute approximate surface area is 217 Å². The van der Waals surface area contributed by atoms with Crippen molar-refractivity contribution in [2.75, 3.05) is 13.7 Å². The highest BCUT2D eigenvalue weighted by molar-refractivity contribution is 9.11. The van der Waals surface area contributed by atoms with Gasteiger partial charge in [0.25, 0.3) is 5.56 Å². The highest BCUT2D eigenvalue weighted by Gasteiger charge is 2.18. The molecule has 0 bridgehead atoms. The molecular formula is C26H19Br2N3O4. The van der Waals surface area contributed by atoms with Crippen LogP contribution < -0.4 is 15.0 Å². The van der Waals surface area contributed by atoms with Gasteiger partial charge in [-0.3, -0.25) is 4.79 Å². The zero-order valence-corrected chi connectivity index (χ0v) is 22.0. The zero-order valence-electron chi connectivity index (χ0n) is 18.8. The molecule has 0 aliphatic heterocycles. The largest absolute Gasteiger partial charge is 0.496 e. The standard InChI is InChI=1S/C26H19Br2N3O4/c1-3-34-24-18(27)11-15(12-19(24)28)14-29-31-25(30-20-8-5-4-7-16(20)26(31)32)23-13-17-21(33-2)9-6-10-22(17)35-23/h4-14H,3H2,1-2H3. The Morgan fingerprint density at radius 2 is 1.83 bits per heavy atom. The molecule has 0 aliphatic rings. The second kappa shape index (κ2) is 9.67. The molecule has 9 heteroatoms. The molecule has 0 fully saturated rings. The zero-order chi connectivity index (χ0) is 24.5. The van der Waals surface area contributed by atoms with E-state index in [1.807, 2.05) is 43.3 Å². The van der Waals surface area contributed by atoms with Crippen LogP contribution in [0.3, 0.4) is 0 Å². The van der Waals surface area contributed by atoms with Gasteiger partial charge in [-0.25, -0.2) is 4.98 Å². The maximum absolute atomic E-state index is 13.5. The average molecular weight is 597 g/mol. The molecule has 0 saturated carbocycles. The van der Waals surface area contributed by atoms with Crippen molar-refractivity contribution in [2.45, 2.75) is 6.92 Å². The number of rotatable bonds is 6. The molecule has 0 saturated heterocycles. The molecule has 7 nitrogen and oxygen atoms in total. The van der Waals surface area contributed by atoms with E-state index in [4.69, 9.17) is 18.9 Å². The first-order chi connectivity index (χ1) is 17.0. The second-order valence-electron chi connectivity index (χ2n) is 7.54. The fourth-order valence-electron chi connectivity index (χ4n) is 3.77. The number of aromatic nitrogens is 2. The summed E-state index contributed by atoms with van der Waals surface area (Å²) in [6.45, 7) is 2.46. The molecule has 5 rings (SSSR count). The third kappa shape index (κ3) is 4.37. The number of hydrogen-bond acceptors (Lipinski definition) is 6. The topological polar surface area (TPSA) is 78.8 Å². The van der Waals surface area contributed by atoms with Crippen LogP contribution in [0, 0.1) is 0 Å². The van der Waals surface area contributed by atoms with Crippen LogP contribution in [-0.2, 0) is 0 Å². The van der Waals surface area contributed by atoms with Crippen molar-refractivity contribution in [1.82, 2.24) is 9.66 Å². The van der Waals surface area contributed by atoms with Crippen LogP contribution in [0.4, 0.5) is 0 Å². The van der Waals surface area contributed by atoms with E-state index in [9.17, 15) is 4.79 Å². The van der Waals surface area contributed by atoms with Crippen molar-refractivity contribution < 1.29 is 13.9 Å². The summed E-state index contributed by atoms with van der Waals surface area (Å²) in [5.74, 6) is 2.05. The summed E-state index contributed by atoms with van der Waals surface area (Å²) in [5.41, 5.74) is 1.62. The van der Waals surface area contributed by atoms with Gasteiger partial charge < -0.3 is 13.9 Å². The summed E-state index contributed by atoms with van der Waals surface area (Å²) in [5, 5.41) is 5.75. The second-order valence-corrected chi connectivity index (χ2v) is 9.25. The van der Waals surface area contributed by atoms with Crippen molar-refractivity contribution in [2.24, 2.45) is 5.10 Å². The maximum atomic E-state index is 13.5. The van der Waals surface area contributed by atoms with E-state index in [1.54, 1.807) is 37.6 Å². The lowest BCUT2D eigenvalue weighted by atomic mass is 10.2. The molecule has 2 heterocycles. The van der Waals surface area contributed by atoms with E-state index in [-0.39, 0.29) is 11.4 Å². The van der Waals surface area contributed by atoms with Crippen molar-refractivity contribution in [3.05, 3.63) is 85.5 Å². The molecule has 0 N–H and O–H groups in total. The molecular weight excluding hydrogens is 578 g/mol. The lowest BCUT2D eigenvalue weighted by Crippen LogP contribution is -2.20. The van der Waals surface area contributed by atoms with Crippen LogP contribution in [0.15, 0.2) is 83.9 Å². The Morgan fingerprint density at radius 1 is 1.06 bits per heavy atom. The molecule has 0 unspecified atom stereocenters. The Balaban J connectivity index is 1.69. The van der Waals surface area contributed by atoms with E-state index in [0.717, 1.165) is 19.9 Å². The third-order valence-corrected chi connectivity index (χ3v) is 6.53. The van der Waals surface area contributed by atoms with Gasteiger partial charge >= 0.3 is 0 Å². The van der Waals surface area contributed by atoms with Crippen molar-refractivity contribution in [1.29, 1.82) is 0 Å². The molecule has 5 aromatic rings. The van der Waals surface area contributed by atoms with E-state index in [1.165, 1.54) is 4.68 Å². The highest BCUT2D eigenvalue weighted by Crippen LogP contribution is 2.35. The number of halogens is 2. The summed E-state index contributed by atoms with van der Waals surface area (Å²) < 4.78 is 20.0. The van der Waals surface area contributed by atoms with E-state index in [2.05, 4.69) is 37.0 Å². The van der Waals surface area contributed by atoms with Gasteiger partial charge in [0.2, 0.25) is 5.82 Å². The van der Waals surface area contributed by atoms with Crippen LogP contribution in [0.1, 0.15) is 12.5 Å². The summed E-state index contributed by atoms with van der Waals surface area (Å²) in [6, 6.07) is 18.2. The fourth-order valence-corrected chi connectivity index (χ4v) is 5.22. The van der Waals surface area contributed by atoms with Crippen LogP contribution in [0.5, 0.6) is 11.5 Å². The minimum atomic E-state index is -0.307. The van der Waals surface area contributed by atoms with Gasteiger partial charge in [-0.05, 0) is 86.8 Å². The van der Waals surface area contributed by atoms with E-state index < -0.39 is 0 Å². The van der Waals surface area contributed by atoms with Gasteiger partial charge in [-0.15, -0.1) is 0 Å². The van der Waals surface area contributed by atoms with Crippen molar-refractivity contribution in [3.8, 4) is 23.1 Å². The smallest absolute Gasteiger partial charge is 0.282 e. The summed E-state index contributed by atoms with van der Waals surface area (Å²) in [7, 11) is 1.60. The SMILES string of the molecule is CCOc1c(Br)cc(C=Nn2c(-c3cc4c(OC)cccc4o3)nc3ccccc3c2=O)cc1Br. The van der Waals surface area contributed by atoms with Crippen molar-refractivity contribution in [3.63, 3.8) is 0 Å². The molecule has 0 aliphatic carbocycles. The maximum Gasteiger partial charge on any atom is 0.282 e. The quantitative estimate of drug-likeness (QED) is 0.206. The molecule has 35 heavy (non-hydrogen) atoms. The molecule has 0 atom stereocenters. The molecule has 0 amide bonds. The van der Waals surface area contributed by atoms with Crippen LogP contribution >= 0.6 is 31.9 Å². The van der Waals surface area contributed by atoms with E-state index in [0.29, 0.717) is 40.4 Å². The number of fused-ring (bicyclic) bond motifs is 2. The molecule has 0 radical (unpaired) electrons. The third-order valence-electron chi connectivity index (χ3n) is 5.35. The minimum absolute atomic E-state index is 0.285. The van der Waals surface area contributed by atoms with E-state index >= 15 is 0 Å². The minimum Gasteiger partial charge on any atom is -0.496 e. The van der Waals surface area contributed by atoms with Gasteiger partial charge in [0.15, 0.2) is 5.76 Å². The molecule has 2 aromatic heterocycles. The Hall–Kier alpha value is -3.43. The average Bonchev–Trinajstić information content (AvgIpc) is 3.30. The number of para-hydroxylation sites is 1. The Morgan fingerprint density at radius 3 is 2.57 bits per heavy atom. The highest BCUT2D eigenvalue weighted by atomic mass is 79.9. The number of nitrogens with zero attached hydrogens (tertiary/aromatic N) is 3. The van der Waals surface area contributed by atoms with Crippen LogP contribution in [-0.4, -0.2) is 29.6 Å². The monoisotopic (exact) mass is 595 g/mol. The summed E-state index contributed by atoms with van der Waals surface area (Å²) in [6.07, 6.45) is 1.59. The van der Waals surface area contributed by atoms with Gasteiger partial charge in [0.05, 0.1) is 45.2 Å². The normalized spacial score (nSPS) is 11.5. The van der Waals surface area contributed by atoms with Crippen molar-refractivity contribution >= 4 is 59.9 Å². The van der Waals surface area contributed by atoms with Gasteiger partial charge in [0.1, 0.15) is 17.1 Å².